The minimum Gasteiger partial charge on any atom is -0.366 e. The average Bonchev–Trinajstić information content (AvgIpc) is 2.61. The van der Waals surface area contributed by atoms with Gasteiger partial charge in [0.15, 0.2) is 0 Å². The van der Waals surface area contributed by atoms with Crippen molar-refractivity contribution in [3.05, 3.63) is 65.5 Å². The molecule has 1 heterocycles. The van der Waals surface area contributed by atoms with Crippen LogP contribution in [0.4, 0.5) is 10.1 Å². The summed E-state index contributed by atoms with van der Waals surface area (Å²) in [6.07, 6.45) is 1.65. The monoisotopic (exact) mass is 360 g/mol. The van der Waals surface area contributed by atoms with Gasteiger partial charge in [0.1, 0.15) is 5.82 Å². The van der Waals surface area contributed by atoms with Crippen molar-refractivity contribution in [3.8, 4) is 0 Å². The van der Waals surface area contributed by atoms with Gasteiger partial charge in [0.05, 0.1) is 5.69 Å². The largest absolute Gasteiger partial charge is 0.366 e. The van der Waals surface area contributed by atoms with E-state index in [0.29, 0.717) is 43.2 Å². The summed E-state index contributed by atoms with van der Waals surface area (Å²) in [6.45, 7) is 2.31. The Kier molecular flexibility index (Phi) is 5.48. The molecule has 1 aliphatic heterocycles. The van der Waals surface area contributed by atoms with Crippen LogP contribution in [0.25, 0.3) is 0 Å². The number of carbonyl (C=O) groups excluding carboxylic acids is 1. The molecule has 6 heteroatoms. The molecule has 0 bridgehead atoms. The van der Waals surface area contributed by atoms with Crippen LogP contribution in [-0.4, -0.2) is 47.5 Å². The van der Waals surface area contributed by atoms with E-state index in [9.17, 15) is 13.4 Å². The summed E-state index contributed by atoms with van der Waals surface area (Å²) in [5, 5.41) is 0. The van der Waals surface area contributed by atoms with Gasteiger partial charge in [0.25, 0.3) is 5.91 Å². The number of hydrogen-bond acceptors (Lipinski definition) is 3. The second kappa shape index (κ2) is 7.78. The molecule has 0 N–H and O–H groups in total. The fourth-order valence-electron chi connectivity index (χ4n) is 3.07. The molecule has 2 aromatic rings. The number of halogens is 1. The number of carbonyl (C=O) groups is 1. The lowest BCUT2D eigenvalue weighted by molar-refractivity contribution is 0.0746. The van der Waals surface area contributed by atoms with Crippen LogP contribution >= 0.6 is 0 Å². The van der Waals surface area contributed by atoms with E-state index < -0.39 is 10.8 Å². The van der Waals surface area contributed by atoms with Crippen LogP contribution in [-0.2, 0) is 16.6 Å². The Morgan fingerprint density at radius 1 is 1.08 bits per heavy atom. The highest BCUT2D eigenvalue weighted by Gasteiger charge is 2.23. The molecule has 1 saturated heterocycles. The molecule has 2 aromatic carbocycles. The smallest absolute Gasteiger partial charge is 0.253 e. The molecule has 0 aliphatic carbocycles. The molecule has 0 saturated carbocycles. The maximum absolute atomic E-state index is 13.9. The van der Waals surface area contributed by atoms with Crippen molar-refractivity contribution in [1.29, 1.82) is 0 Å². The van der Waals surface area contributed by atoms with Gasteiger partial charge in [-0.3, -0.25) is 9.00 Å². The van der Waals surface area contributed by atoms with Crippen molar-refractivity contribution < 1.29 is 13.4 Å². The summed E-state index contributed by atoms with van der Waals surface area (Å²) in [4.78, 5) is 16.5. The Labute approximate surface area is 149 Å². The second-order valence-corrected chi connectivity index (χ2v) is 7.58. The molecular weight excluding hydrogens is 339 g/mol. The second-order valence-electron chi connectivity index (χ2n) is 6.15. The maximum atomic E-state index is 13.9. The Morgan fingerprint density at radius 3 is 2.48 bits per heavy atom. The summed E-state index contributed by atoms with van der Waals surface area (Å²) in [5.74, 6) is 0.182. The fourth-order valence-corrected chi connectivity index (χ4v) is 3.72. The predicted octanol–water partition coefficient (Wildman–Crippen LogP) is 2.67. The van der Waals surface area contributed by atoms with E-state index in [1.165, 1.54) is 6.07 Å². The number of nitrogens with zero attached hydrogens (tertiary/aromatic N) is 2. The van der Waals surface area contributed by atoms with Crippen molar-refractivity contribution in [2.75, 3.05) is 37.3 Å². The van der Waals surface area contributed by atoms with E-state index in [4.69, 9.17) is 0 Å². The van der Waals surface area contributed by atoms with Gasteiger partial charge in [-0.05, 0) is 29.8 Å². The van der Waals surface area contributed by atoms with E-state index in [2.05, 4.69) is 0 Å². The summed E-state index contributed by atoms with van der Waals surface area (Å²) >= 11 is 0. The molecule has 1 fully saturated rings. The Bertz CT molecular complexity index is 788. The van der Waals surface area contributed by atoms with Crippen molar-refractivity contribution >= 4 is 22.4 Å². The summed E-state index contributed by atoms with van der Waals surface area (Å²) < 4.78 is 25.3. The van der Waals surface area contributed by atoms with Gasteiger partial charge in [-0.1, -0.05) is 24.3 Å². The molecule has 1 unspecified atom stereocenters. The minimum atomic E-state index is -0.938. The molecule has 25 heavy (non-hydrogen) atoms. The summed E-state index contributed by atoms with van der Waals surface area (Å²) in [6, 6.07) is 14.0. The molecule has 1 amide bonds. The standard InChI is InChI=1S/C19H21FN2O2S/c1-25(24)14-15-5-4-6-16(13-15)19(23)22-11-9-21(10-12-22)18-8-3-2-7-17(18)20/h2-8,13H,9-12,14H2,1H3. The molecule has 0 spiro atoms. The molecule has 1 aliphatic rings. The Hall–Kier alpha value is -2.21. The lowest BCUT2D eigenvalue weighted by Crippen LogP contribution is -2.49. The molecule has 0 aromatic heterocycles. The van der Waals surface area contributed by atoms with Crippen molar-refractivity contribution in [3.63, 3.8) is 0 Å². The topological polar surface area (TPSA) is 40.6 Å². The van der Waals surface area contributed by atoms with Crippen LogP contribution in [0.15, 0.2) is 48.5 Å². The maximum Gasteiger partial charge on any atom is 0.253 e. The highest BCUT2D eigenvalue weighted by atomic mass is 32.2. The van der Waals surface area contributed by atoms with E-state index >= 15 is 0 Å². The third kappa shape index (κ3) is 4.25. The zero-order valence-corrected chi connectivity index (χ0v) is 15.0. The molecule has 1 atom stereocenters. The SMILES string of the molecule is CS(=O)Cc1cccc(C(=O)N2CCN(c3ccccc3F)CC2)c1. The quantitative estimate of drug-likeness (QED) is 0.842. The number of anilines is 1. The molecular formula is C19H21FN2O2S. The zero-order valence-electron chi connectivity index (χ0n) is 14.2. The minimum absolute atomic E-state index is 0.0306. The summed E-state index contributed by atoms with van der Waals surface area (Å²) in [7, 11) is -0.938. The first kappa shape index (κ1) is 17.6. The van der Waals surface area contributed by atoms with Crippen LogP contribution in [0.1, 0.15) is 15.9 Å². The first-order valence-corrected chi connectivity index (χ1v) is 9.95. The van der Waals surface area contributed by atoms with Crippen molar-refractivity contribution in [1.82, 2.24) is 4.90 Å². The third-order valence-electron chi connectivity index (χ3n) is 4.30. The predicted molar refractivity (Wildman–Crippen MR) is 98.7 cm³/mol. The fraction of sp³-hybridized carbons (Fsp3) is 0.316. The van der Waals surface area contributed by atoms with Crippen LogP contribution in [0.5, 0.6) is 0 Å². The van der Waals surface area contributed by atoms with Crippen LogP contribution in [0, 0.1) is 5.82 Å². The molecule has 132 valence electrons. The average molecular weight is 360 g/mol. The van der Waals surface area contributed by atoms with E-state index in [1.54, 1.807) is 29.4 Å². The summed E-state index contributed by atoms with van der Waals surface area (Å²) in [5.41, 5.74) is 2.10. The van der Waals surface area contributed by atoms with E-state index in [1.807, 2.05) is 29.2 Å². The number of benzene rings is 2. The lowest BCUT2D eigenvalue weighted by Gasteiger charge is -2.36. The normalized spacial score (nSPS) is 15.9. The van der Waals surface area contributed by atoms with Gasteiger partial charge in [-0.15, -0.1) is 0 Å². The molecule has 4 nitrogen and oxygen atoms in total. The van der Waals surface area contributed by atoms with Gasteiger partial charge in [-0.25, -0.2) is 4.39 Å². The number of para-hydroxylation sites is 1. The number of rotatable bonds is 4. The van der Waals surface area contributed by atoms with Crippen molar-refractivity contribution in [2.24, 2.45) is 0 Å². The van der Waals surface area contributed by atoms with E-state index in [0.717, 1.165) is 5.56 Å². The highest BCUT2D eigenvalue weighted by molar-refractivity contribution is 7.83. The molecule has 3 rings (SSSR count). The number of piperazine rings is 1. The van der Waals surface area contributed by atoms with Gasteiger partial charge in [0, 0.05) is 54.6 Å². The van der Waals surface area contributed by atoms with Crippen LogP contribution in [0.2, 0.25) is 0 Å². The Balaban J connectivity index is 1.66. The van der Waals surface area contributed by atoms with Crippen LogP contribution in [0.3, 0.4) is 0 Å². The van der Waals surface area contributed by atoms with Gasteiger partial charge < -0.3 is 9.80 Å². The van der Waals surface area contributed by atoms with Crippen molar-refractivity contribution in [2.45, 2.75) is 5.75 Å². The number of amides is 1. The zero-order chi connectivity index (χ0) is 17.8. The van der Waals surface area contributed by atoms with Gasteiger partial charge in [0.2, 0.25) is 0 Å². The van der Waals surface area contributed by atoms with Crippen LogP contribution < -0.4 is 4.90 Å². The number of hydrogen-bond donors (Lipinski definition) is 0. The van der Waals surface area contributed by atoms with Gasteiger partial charge >= 0.3 is 0 Å². The Morgan fingerprint density at radius 2 is 1.80 bits per heavy atom. The first-order valence-electron chi connectivity index (χ1n) is 8.22. The first-order chi connectivity index (χ1) is 12.0. The molecule has 0 radical (unpaired) electrons. The lowest BCUT2D eigenvalue weighted by atomic mass is 10.1. The van der Waals surface area contributed by atoms with E-state index in [-0.39, 0.29) is 11.7 Å². The third-order valence-corrected chi connectivity index (χ3v) is 5.04. The van der Waals surface area contributed by atoms with Gasteiger partial charge in [-0.2, -0.15) is 0 Å². The highest BCUT2D eigenvalue weighted by Crippen LogP contribution is 2.21.